The molecule has 2 rings (SSSR count). The summed E-state index contributed by atoms with van der Waals surface area (Å²) in [5, 5.41) is 3.76. The van der Waals surface area contributed by atoms with Crippen molar-refractivity contribution >= 4 is 0 Å². The quantitative estimate of drug-likeness (QED) is 0.852. The Morgan fingerprint density at radius 3 is 2.79 bits per heavy atom. The molecule has 1 saturated heterocycles. The van der Waals surface area contributed by atoms with Crippen molar-refractivity contribution in [2.75, 3.05) is 20.2 Å². The first-order valence-corrected chi connectivity index (χ1v) is 8.11. The molecule has 3 heteroatoms. The molecule has 112 valence electrons. The summed E-state index contributed by atoms with van der Waals surface area (Å²) in [6.45, 7) is 9.43. The second-order valence-electron chi connectivity index (χ2n) is 6.83. The topological polar surface area (TPSA) is 24.5 Å². The van der Waals surface area contributed by atoms with Crippen LogP contribution in [0.1, 0.15) is 59.3 Å². The van der Waals surface area contributed by atoms with Crippen molar-refractivity contribution in [3.8, 4) is 0 Å². The van der Waals surface area contributed by atoms with E-state index in [4.69, 9.17) is 4.74 Å². The van der Waals surface area contributed by atoms with E-state index in [0.29, 0.717) is 12.1 Å². The Bertz CT molecular complexity index is 284. The van der Waals surface area contributed by atoms with Crippen LogP contribution in [0.5, 0.6) is 0 Å². The fourth-order valence-electron chi connectivity index (χ4n) is 3.72. The van der Waals surface area contributed by atoms with Gasteiger partial charge in [-0.25, -0.2) is 0 Å². The predicted molar refractivity (Wildman–Crippen MR) is 80.5 cm³/mol. The van der Waals surface area contributed by atoms with E-state index in [1.165, 1.54) is 45.1 Å². The number of nitrogens with zero attached hydrogens (tertiary/aromatic N) is 1. The van der Waals surface area contributed by atoms with Gasteiger partial charge in [-0.05, 0) is 58.9 Å². The first-order valence-electron chi connectivity index (χ1n) is 8.11. The third-order valence-corrected chi connectivity index (χ3v) is 5.39. The average molecular weight is 268 g/mol. The fraction of sp³-hybridized carbons (Fsp3) is 1.00. The summed E-state index contributed by atoms with van der Waals surface area (Å²) in [5.74, 6) is 0. The summed E-state index contributed by atoms with van der Waals surface area (Å²) in [6.07, 6.45) is 8.10. The highest BCUT2D eigenvalue weighted by atomic mass is 16.5. The van der Waals surface area contributed by atoms with Crippen LogP contribution < -0.4 is 5.32 Å². The molecule has 0 bridgehead atoms. The van der Waals surface area contributed by atoms with Gasteiger partial charge in [0.1, 0.15) is 0 Å². The van der Waals surface area contributed by atoms with Crippen LogP contribution in [0.25, 0.3) is 0 Å². The van der Waals surface area contributed by atoms with Crippen LogP contribution >= 0.6 is 0 Å². The number of ether oxygens (including phenoxy) is 1. The Labute approximate surface area is 119 Å². The molecule has 1 heterocycles. The van der Waals surface area contributed by atoms with Crippen molar-refractivity contribution < 1.29 is 4.74 Å². The van der Waals surface area contributed by atoms with Crippen molar-refractivity contribution in [3.05, 3.63) is 0 Å². The van der Waals surface area contributed by atoms with Gasteiger partial charge in [0, 0.05) is 31.3 Å². The lowest BCUT2D eigenvalue weighted by atomic mass is 9.89. The minimum absolute atomic E-state index is 0.283. The van der Waals surface area contributed by atoms with E-state index < -0.39 is 0 Å². The normalized spacial score (nSPS) is 42.0. The highest BCUT2D eigenvalue weighted by molar-refractivity contribution is 4.94. The first kappa shape index (κ1) is 15.3. The number of hydrogen-bond acceptors (Lipinski definition) is 3. The Kier molecular flexibility index (Phi) is 5.27. The monoisotopic (exact) mass is 268 g/mol. The fourth-order valence-corrected chi connectivity index (χ4v) is 3.72. The molecule has 0 aromatic heterocycles. The van der Waals surface area contributed by atoms with Crippen LogP contribution in [-0.4, -0.2) is 48.8 Å². The average Bonchev–Trinajstić information content (AvgIpc) is 2.59. The second kappa shape index (κ2) is 6.55. The standard InChI is InChI=1S/C16H32N2O/c1-5-16(3)12-18(13(2)9-10-17-16)14-7-6-8-15(11-14)19-4/h13-15,17H,5-12H2,1-4H3. The maximum absolute atomic E-state index is 5.61. The third-order valence-electron chi connectivity index (χ3n) is 5.39. The van der Waals surface area contributed by atoms with Crippen LogP contribution in [0.4, 0.5) is 0 Å². The molecule has 4 unspecified atom stereocenters. The lowest BCUT2D eigenvalue weighted by Gasteiger charge is -2.43. The van der Waals surface area contributed by atoms with Crippen molar-refractivity contribution in [2.24, 2.45) is 0 Å². The minimum Gasteiger partial charge on any atom is -0.381 e. The molecule has 19 heavy (non-hydrogen) atoms. The van der Waals surface area contributed by atoms with E-state index in [9.17, 15) is 0 Å². The molecule has 0 aromatic carbocycles. The van der Waals surface area contributed by atoms with Crippen LogP contribution in [0.2, 0.25) is 0 Å². The molecular weight excluding hydrogens is 236 g/mol. The van der Waals surface area contributed by atoms with Crippen LogP contribution in [0.3, 0.4) is 0 Å². The van der Waals surface area contributed by atoms with Crippen LogP contribution in [0.15, 0.2) is 0 Å². The van der Waals surface area contributed by atoms with E-state index in [-0.39, 0.29) is 5.54 Å². The largest absolute Gasteiger partial charge is 0.381 e. The third kappa shape index (κ3) is 3.71. The van der Waals surface area contributed by atoms with E-state index in [1.54, 1.807) is 0 Å². The molecule has 2 fully saturated rings. The van der Waals surface area contributed by atoms with Crippen molar-refractivity contribution in [3.63, 3.8) is 0 Å². The van der Waals surface area contributed by atoms with E-state index in [2.05, 4.69) is 31.0 Å². The Morgan fingerprint density at radius 2 is 2.11 bits per heavy atom. The van der Waals surface area contributed by atoms with E-state index >= 15 is 0 Å². The van der Waals surface area contributed by atoms with Gasteiger partial charge in [-0.1, -0.05) is 6.92 Å². The number of hydrogen-bond donors (Lipinski definition) is 1. The van der Waals surface area contributed by atoms with Crippen LogP contribution in [0, 0.1) is 0 Å². The maximum Gasteiger partial charge on any atom is 0.0586 e. The van der Waals surface area contributed by atoms with Gasteiger partial charge >= 0.3 is 0 Å². The van der Waals surface area contributed by atoms with Gasteiger partial charge in [0.05, 0.1) is 6.10 Å². The summed E-state index contributed by atoms with van der Waals surface area (Å²) >= 11 is 0. The molecule has 1 aliphatic carbocycles. The molecule has 0 amide bonds. The summed E-state index contributed by atoms with van der Waals surface area (Å²) in [5.41, 5.74) is 0.283. The van der Waals surface area contributed by atoms with Gasteiger partial charge in [0.2, 0.25) is 0 Å². The highest BCUT2D eigenvalue weighted by Crippen LogP contribution is 2.29. The molecule has 0 spiro atoms. The Morgan fingerprint density at radius 1 is 1.32 bits per heavy atom. The smallest absolute Gasteiger partial charge is 0.0586 e. The maximum atomic E-state index is 5.61. The molecule has 4 atom stereocenters. The lowest BCUT2D eigenvalue weighted by molar-refractivity contribution is 0.0111. The van der Waals surface area contributed by atoms with Crippen molar-refractivity contribution in [1.29, 1.82) is 0 Å². The van der Waals surface area contributed by atoms with Gasteiger partial charge in [-0.15, -0.1) is 0 Å². The second-order valence-corrected chi connectivity index (χ2v) is 6.83. The number of methoxy groups -OCH3 is 1. The number of nitrogens with one attached hydrogen (secondary N) is 1. The Balaban J connectivity index is 2.06. The zero-order valence-corrected chi connectivity index (χ0v) is 13.2. The molecule has 2 aliphatic rings. The molecule has 1 aliphatic heterocycles. The zero-order valence-electron chi connectivity index (χ0n) is 13.2. The molecule has 1 N–H and O–H groups in total. The van der Waals surface area contributed by atoms with Gasteiger partial charge in [0.25, 0.3) is 0 Å². The molecule has 1 saturated carbocycles. The number of rotatable bonds is 3. The van der Waals surface area contributed by atoms with E-state index in [0.717, 1.165) is 12.6 Å². The summed E-state index contributed by atoms with van der Waals surface area (Å²) in [7, 11) is 1.87. The molecule has 0 radical (unpaired) electrons. The molecule has 3 nitrogen and oxygen atoms in total. The Hall–Kier alpha value is -0.120. The summed E-state index contributed by atoms with van der Waals surface area (Å²) in [4.78, 5) is 2.77. The minimum atomic E-state index is 0.283. The van der Waals surface area contributed by atoms with Gasteiger partial charge in [0.15, 0.2) is 0 Å². The SMILES string of the molecule is CCC1(C)CN(C2CCCC(OC)C2)C(C)CCN1. The molecular formula is C16H32N2O. The van der Waals surface area contributed by atoms with Gasteiger partial charge in [-0.2, -0.15) is 0 Å². The van der Waals surface area contributed by atoms with Gasteiger partial charge in [-0.3, -0.25) is 4.90 Å². The zero-order chi connectivity index (χ0) is 13.9. The highest BCUT2D eigenvalue weighted by Gasteiger charge is 2.36. The van der Waals surface area contributed by atoms with E-state index in [1.807, 2.05) is 7.11 Å². The van der Waals surface area contributed by atoms with Crippen molar-refractivity contribution in [2.45, 2.75) is 83.0 Å². The summed E-state index contributed by atoms with van der Waals surface area (Å²) < 4.78 is 5.61. The molecule has 0 aromatic rings. The summed E-state index contributed by atoms with van der Waals surface area (Å²) in [6, 6.07) is 1.42. The lowest BCUT2D eigenvalue weighted by Crippen LogP contribution is -2.53. The van der Waals surface area contributed by atoms with Gasteiger partial charge < -0.3 is 10.1 Å². The van der Waals surface area contributed by atoms with Crippen LogP contribution in [-0.2, 0) is 4.74 Å². The predicted octanol–water partition coefficient (Wildman–Crippen LogP) is 2.80. The first-order chi connectivity index (χ1) is 9.08. The van der Waals surface area contributed by atoms with Crippen molar-refractivity contribution in [1.82, 2.24) is 10.2 Å².